The molecule has 1 aliphatic rings. The van der Waals surface area contributed by atoms with Gasteiger partial charge in [-0.05, 0) is 36.6 Å². The molecule has 0 radical (unpaired) electrons. The number of aliphatic hydroxyl groups is 1. The smallest absolute Gasteiger partial charge is 0.244 e. The average Bonchev–Trinajstić information content (AvgIpc) is 2.53. The number of carbonyl (C=O) groups is 1. The van der Waals surface area contributed by atoms with Crippen LogP contribution in [0, 0.1) is 5.92 Å². The first-order chi connectivity index (χ1) is 9.11. The Hall–Kier alpha value is -0.910. The van der Waals surface area contributed by atoms with E-state index in [9.17, 15) is 4.79 Å². The van der Waals surface area contributed by atoms with Gasteiger partial charge >= 0.3 is 0 Å². The molecule has 1 aliphatic heterocycles. The molecule has 1 heterocycles. The summed E-state index contributed by atoms with van der Waals surface area (Å²) in [5.74, 6) is 0.428. The van der Waals surface area contributed by atoms with Crippen LogP contribution in [-0.4, -0.2) is 36.8 Å². The summed E-state index contributed by atoms with van der Waals surface area (Å²) < 4.78 is 0.997. The van der Waals surface area contributed by atoms with Crippen molar-refractivity contribution >= 4 is 27.5 Å². The first kappa shape index (κ1) is 14.5. The average molecular weight is 327 g/mol. The Morgan fingerprint density at radius 3 is 2.74 bits per heavy atom. The SMILES string of the molecule is CC1CNC(CCO)C(=O)N(c2ccc(Br)cc2)C1. The van der Waals surface area contributed by atoms with E-state index in [1.54, 1.807) is 0 Å². The molecule has 1 saturated heterocycles. The number of amides is 1. The van der Waals surface area contributed by atoms with Gasteiger partial charge in [0.05, 0.1) is 6.04 Å². The molecular formula is C14H19BrN2O2. The summed E-state index contributed by atoms with van der Waals surface area (Å²) in [5.41, 5.74) is 0.909. The zero-order valence-corrected chi connectivity index (χ0v) is 12.6. The van der Waals surface area contributed by atoms with Crippen molar-refractivity contribution in [3.63, 3.8) is 0 Å². The normalized spacial score (nSPS) is 24.4. The van der Waals surface area contributed by atoms with Gasteiger partial charge in [0.2, 0.25) is 5.91 Å². The van der Waals surface area contributed by atoms with Crippen molar-refractivity contribution < 1.29 is 9.90 Å². The zero-order chi connectivity index (χ0) is 13.8. The lowest BCUT2D eigenvalue weighted by atomic mass is 10.1. The second kappa shape index (κ2) is 6.50. The predicted molar refractivity (Wildman–Crippen MR) is 79.2 cm³/mol. The molecule has 0 spiro atoms. The van der Waals surface area contributed by atoms with Crippen LogP contribution in [0.25, 0.3) is 0 Å². The maximum absolute atomic E-state index is 12.5. The van der Waals surface area contributed by atoms with Crippen LogP contribution < -0.4 is 10.2 Å². The summed E-state index contributed by atoms with van der Waals surface area (Å²) >= 11 is 3.40. The van der Waals surface area contributed by atoms with Crippen LogP contribution in [0.2, 0.25) is 0 Å². The Morgan fingerprint density at radius 2 is 2.11 bits per heavy atom. The number of nitrogens with zero attached hydrogens (tertiary/aromatic N) is 1. The first-order valence-corrected chi connectivity index (χ1v) is 7.32. The zero-order valence-electron chi connectivity index (χ0n) is 11.0. The van der Waals surface area contributed by atoms with Crippen molar-refractivity contribution in [1.82, 2.24) is 5.32 Å². The third-order valence-corrected chi connectivity index (χ3v) is 3.86. The maximum atomic E-state index is 12.5. The molecule has 1 aromatic rings. The standard InChI is InChI=1S/C14H19BrN2O2/c1-10-8-16-13(6-7-18)14(19)17(9-10)12-4-2-11(15)3-5-12/h2-5,10,13,16,18H,6-9H2,1H3. The molecule has 2 unspecified atom stereocenters. The Labute approximate surface area is 121 Å². The van der Waals surface area contributed by atoms with Crippen LogP contribution in [0.15, 0.2) is 28.7 Å². The van der Waals surface area contributed by atoms with Crippen molar-refractivity contribution in [2.75, 3.05) is 24.6 Å². The Morgan fingerprint density at radius 1 is 1.42 bits per heavy atom. The summed E-state index contributed by atoms with van der Waals surface area (Å²) in [6, 6.07) is 7.46. The predicted octanol–water partition coefficient (Wildman–Crippen LogP) is 1.77. The minimum absolute atomic E-state index is 0.0198. The summed E-state index contributed by atoms with van der Waals surface area (Å²) in [4.78, 5) is 14.3. The number of halogens is 1. The molecule has 0 bridgehead atoms. The van der Waals surface area contributed by atoms with Gasteiger partial charge in [-0.2, -0.15) is 0 Å². The Bertz CT molecular complexity index is 436. The highest BCUT2D eigenvalue weighted by molar-refractivity contribution is 9.10. The molecule has 1 aromatic carbocycles. The Balaban J connectivity index is 2.24. The van der Waals surface area contributed by atoms with E-state index in [0.717, 1.165) is 16.7 Å². The van der Waals surface area contributed by atoms with Crippen molar-refractivity contribution in [2.45, 2.75) is 19.4 Å². The van der Waals surface area contributed by atoms with Crippen LogP contribution in [0.5, 0.6) is 0 Å². The highest BCUT2D eigenvalue weighted by atomic mass is 79.9. The van der Waals surface area contributed by atoms with Gasteiger partial charge in [0, 0.05) is 29.9 Å². The molecule has 2 N–H and O–H groups in total. The summed E-state index contributed by atoms with van der Waals surface area (Å²) in [7, 11) is 0. The summed E-state index contributed by atoms with van der Waals surface area (Å²) in [5, 5.41) is 12.3. The molecule has 5 heteroatoms. The van der Waals surface area contributed by atoms with Gasteiger partial charge in [-0.3, -0.25) is 4.79 Å². The number of carbonyl (C=O) groups excluding carboxylic acids is 1. The molecule has 1 fully saturated rings. The second-order valence-corrected chi connectivity index (χ2v) is 5.92. The van der Waals surface area contributed by atoms with Crippen molar-refractivity contribution in [3.05, 3.63) is 28.7 Å². The van der Waals surface area contributed by atoms with Gasteiger partial charge in [0.1, 0.15) is 0 Å². The number of hydrogen-bond donors (Lipinski definition) is 2. The van der Waals surface area contributed by atoms with Gasteiger partial charge in [-0.25, -0.2) is 0 Å². The summed E-state index contributed by atoms with van der Waals surface area (Å²) in [6.45, 7) is 3.64. The molecule has 0 saturated carbocycles. The topological polar surface area (TPSA) is 52.6 Å². The lowest BCUT2D eigenvalue weighted by Gasteiger charge is -2.25. The second-order valence-electron chi connectivity index (χ2n) is 5.00. The number of benzene rings is 1. The molecule has 104 valence electrons. The van der Waals surface area contributed by atoms with E-state index in [2.05, 4.69) is 28.2 Å². The highest BCUT2D eigenvalue weighted by Crippen LogP contribution is 2.22. The van der Waals surface area contributed by atoms with E-state index in [1.807, 2.05) is 29.2 Å². The minimum atomic E-state index is -0.293. The van der Waals surface area contributed by atoms with Crippen molar-refractivity contribution in [1.29, 1.82) is 0 Å². The molecule has 4 nitrogen and oxygen atoms in total. The lowest BCUT2D eigenvalue weighted by Crippen LogP contribution is -2.44. The van der Waals surface area contributed by atoms with Crippen molar-refractivity contribution in [3.8, 4) is 0 Å². The van der Waals surface area contributed by atoms with Crippen molar-refractivity contribution in [2.24, 2.45) is 5.92 Å². The van der Waals surface area contributed by atoms with Gasteiger partial charge in [-0.1, -0.05) is 22.9 Å². The fraction of sp³-hybridized carbons (Fsp3) is 0.500. The number of hydrogen-bond acceptors (Lipinski definition) is 3. The van der Waals surface area contributed by atoms with Crippen LogP contribution in [0.4, 0.5) is 5.69 Å². The third-order valence-electron chi connectivity index (χ3n) is 3.33. The van der Waals surface area contributed by atoms with Gasteiger partial charge in [0.25, 0.3) is 0 Å². The largest absolute Gasteiger partial charge is 0.396 e. The van der Waals surface area contributed by atoms with Crippen LogP contribution in [0.3, 0.4) is 0 Å². The van der Waals surface area contributed by atoms with Crippen LogP contribution in [-0.2, 0) is 4.79 Å². The van der Waals surface area contributed by atoms with E-state index in [-0.39, 0.29) is 18.6 Å². The number of nitrogens with one attached hydrogen (secondary N) is 1. The fourth-order valence-electron chi connectivity index (χ4n) is 2.29. The first-order valence-electron chi connectivity index (χ1n) is 6.53. The minimum Gasteiger partial charge on any atom is -0.396 e. The maximum Gasteiger partial charge on any atom is 0.244 e. The van der Waals surface area contributed by atoms with E-state index in [1.165, 1.54) is 0 Å². The van der Waals surface area contributed by atoms with Gasteiger partial charge in [0.15, 0.2) is 0 Å². The number of anilines is 1. The van der Waals surface area contributed by atoms with E-state index >= 15 is 0 Å². The van der Waals surface area contributed by atoms with Gasteiger partial charge in [-0.15, -0.1) is 0 Å². The summed E-state index contributed by atoms with van der Waals surface area (Å²) in [6.07, 6.45) is 0.457. The van der Waals surface area contributed by atoms with E-state index < -0.39 is 0 Å². The van der Waals surface area contributed by atoms with E-state index in [0.29, 0.717) is 18.9 Å². The fourth-order valence-corrected chi connectivity index (χ4v) is 2.56. The van der Waals surface area contributed by atoms with Gasteiger partial charge < -0.3 is 15.3 Å². The quantitative estimate of drug-likeness (QED) is 0.890. The Kier molecular flexibility index (Phi) is 4.96. The molecule has 19 heavy (non-hydrogen) atoms. The van der Waals surface area contributed by atoms with E-state index in [4.69, 9.17) is 5.11 Å². The van der Waals surface area contributed by atoms with Crippen LogP contribution >= 0.6 is 15.9 Å². The lowest BCUT2D eigenvalue weighted by molar-refractivity contribution is -0.120. The number of aliphatic hydroxyl groups excluding tert-OH is 1. The molecule has 2 rings (SSSR count). The molecule has 2 atom stereocenters. The molecule has 1 amide bonds. The molecule has 0 aromatic heterocycles. The monoisotopic (exact) mass is 326 g/mol. The molecular weight excluding hydrogens is 308 g/mol. The third kappa shape index (κ3) is 3.55. The number of rotatable bonds is 3. The molecule has 0 aliphatic carbocycles. The highest BCUT2D eigenvalue weighted by Gasteiger charge is 2.29. The van der Waals surface area contributed by atoms with Crippen LogP contribution in [0.1, 0.15) is 13.3 Å².